The highest BCUT2D eigenvalue weighted by molar-refractivity contribution is 9.10. The number of hydrogen-bond donors (Lipinski definition) is 1. The van der Waals surface area contributed by atoms with Gasteiger partial charge in [0.05, 0.1) is 12.2 Å². The van der Waals surface area contributed by atoms with Crippen LogP contribution in [0.15, 0.2) is 45.7 Å². The summed E-state index contributed by atoms with van der Waals surface area (Å²) in [6.07, 6.45) is 2.18. The molecule has 3 heterocycles. The summed E-state index contributed by atoms with van der Waals surface area (Å²) in [5.74, 6) is 0.459. The predicted molar refractivity (Wildman–Crippen MR) is 90.6 cm³/mol. The van der Waals surface area contributed by atoms with Crippen LogP contribution in [0.2, 0.25) is 0 Å². The smallest absolute Gasteiger partial charge is 0.407 e. The maximum absolute atomic E-state index is 12.7. The standard InChI is InChI=1S/C16H16BrN3O5/c17-14-4-3-13(25-14)15(21)20-7-6-19(16(22)23)9-11(20)10-24-12-2-1-5-18-8-12/h1-5,8,11H,6-7,9-10H2,(H,22,23). The van der Waals surface area contributed by atoms with Crippen LogP contribution in [0.1, 0.15) is 10.6 Å². The Morgan fingerprint density at radius 2 is 2.20 bits per heavy atom. The van der Waals surface area contributed by atoms with Crippen LogP contribution in [-0.2, 0) is 0 Å². The van der Waals surface area contributed by atoms with Crippen molar-refractivity contribution in [3.63, 3.8) is 0 Å². The molecule has 2 aromatic heterocycles. The van der Waals surface area contributed by atoms with Crippen LogP contribution in [-0.4, -0.2) is 64.2 Å². The maximum Gasteiger partial charge on any atom is 0.407 e. The number of ether oxygens (including phenoxy) is 1. The summed E-state index contributed by atoms with van der Waals surface area (Å²) in [5.41, 5.74) is 0. The molecule has 0 radical (unpaired) electrons. The second kappa shape index (κ2) is 7.56. The van der Waals surface area contributed by atoms with E-state index >= 15 is 0 Å². The monoisotopic (exact) mass is 409 g/mol. The quantitative estimate of drug-likeness (QED) is 0.831. The molecule has 1 aliphatic heterocycles. The SMILES string of the molecule is O=C(O)N1CCN(C(=O)c2ccc(Br)o2)C(COc2cccnc2)C1. The van der Waals surface area contributed by atoms with Gasteiger partial charge in [-0.2, -0.15) is 0 Å². The van der Waals surface area contributed by atoms with Gasteiger partial charge in [0.15, 0.2) is 10.4 Å². The number of amides is 2. The Morgan fingerprint density at radius 1 is 1.36 bits per heavy atom. The number of aromatic nitrogens is 1. The number of pyridine rings is 1. The van der Waals surface area contributed by atoms with Gasteiger partial charge in [0.1, 0.15) is 12.4 Å². The molecule has 1 N–H and O–H groups in total. The highest BCUT2D eigenvalue weighted by Gasteiger charge is 2.34. The fourth-order valence-electron chi connectivity index (χ4n) is 2.63. The number of furan rings is 1. The van der Waals surface area contributed by atoms with Gasteiger partial charge in [-0.3, -0.25) is 9.78 Å². The lowest BCUT2D eigenvalue weighted by molar-refractivity contribution is 0.0316. The van der Waals surface area contributed by atoms with E-state index in [2.05, 4.69) is 20.9 Å². The van der Waals surface area contributed by atoms with Crippen LogP contribution < -0.4 is 4.74 Å². The van der Waals surface area contributed by atoms with Gasteiger partial charge in [0.25, 0.3) is 5.91 Å². The van der Waals surface area contributed by atoms with Crippen molar-refractivity contribution in [3.8, 4) is 5.75 Å². The molecule has 1 saturated heterocycles. The van der Waals surface area contributed by atoms with Gasteiger partial charge in [0, 0.05) is 25.8 Å². The van der Waals surface area contributed by atoms with Crippen LogP contribution in [0, 0.1) is 0 Å². The van der Waals surface area contributed by atoms with Gasteiger partial charge in [-0.05, 0) is 40.2 Å². The summed E-state index contributed by atoms with van der Waals surface area (Å²) in [4.78, 5) is 30.8. The molecule has 0 aromatic carbocycles. The van der Waals surface area contributed by atoms with E-state index in [1.807, 2.05) is 0 Å². The van der Waals surface area contributed by atoms with E-state index in [9.17, 15) is 14.7 Å². The van der Waals surface area contributed by atoms with E-state index in [1.54, 1.807) is 41.6 Å². The zero-order chi connectivity index (χ0) is 17.8. The summed E-state index contributed by atoms with van der Waals surface area (Å²) < 4.78 is 11.5. The third-order valence-electron chi connectivity index (χ3n) is 3.87. The molecule has 1 unspecified atom stereocenters. The summed E-state index contributed by atoms with van der Waals surface area (Å²) >= 11 is 3.17. The highest BCUT2D eigenvalue weighted by atomic mass is 79.9. The fourth-order valence-corrected chi connectivity index (χ4v) is 2.94. The van der Waals surface area contributed by atoms with E-state index in [4.69, 9.17) is 9.15 Å². The lowest BCUT2D eigenvalue weighted by Crippen LogP contribution is -2.58. The number of halogens is 1. The molecule has 1 atom stereocenters. The minimum Gasteiger partial charge on any atom is -0.490 e. The highest BCUT2D eigenvalue weighted by Crippen LogP contribution is 2.20. The van der Waals surface area contributed by atoms with E-state index < -0.39 is 12.1 Å². The summed E-state index contributed by atoms with van der Waals surface area (Å²) in [5, 5.41) is 9.23. The molecule has 1 aliphatic rings. The first-order valence-corrected chi connectivity index (χ1v) is 8.41. The van der Waals surface area contributed by atoms with Crippen LogP contribution in [0.25, 0.3) is 0 Å². The van der Waals surface area contributed by atoms with Crippen molar-refractivity contribution >= 4 is 27.9 Å². The Balaban J connectivity index is 1.74. The Bertz CT molecular complexity index is 751. The molecule has 0 bridgehead atoms. The molecular formula is C16H16BrN3O5. The molecule has 25 heavy (non-hydrogen) atoms. The van der Waals surface area contributed by atoms with Crippen molar-refractivity contribution in [2.75, 3.05) is 26.2 Å². The zero-order valence-electron chi connectivity index (χ0n) is 13.2. The third-order valence-corrected chi connectivity index (χ3v) is 4.30. The number of carboxylic acid groups (broad SMARTS) is 1. The van der Waals surface area contributed by atoms with Crippen molar-refractivity contribution in [1.29, 1.82) is 0 Å². The van der Waals surface area contributed by atoms with Crippen LogP contribution in [0.5, 0.6) is 5.75 Å². The molecule has 8 nitrogen and oxygen atoms in total. The predicted octanol–water partition coefficient (Wildman–Crippen LogP) is 2.32. The number of nitrogens with zero attached hydrogens (tertiary/aromatic N) is 3. The van der Waals surface area contributed by atoms with E-state index in [-0.39, 0.29) is 37.9 Å². The van der Waals surface area contributed by atoms with E-state index in [1.165, 1.54) is 4.90 Å². The van der Waals surface area contributed by atoms with Crippen LogP contribution >= 0.6 is 15.9 Å². The molecule has 0 spiro atoms. The average Bonchev–Trinajstić information content (AvgIpc) is 3.06. The Morgan fingerprint density at radius 3 is 2.84 bits per heavy atom. The molecule has 9 heteroatoms. The first-order chi connectivity index (χ1) is 12.0. The van der Waals surface area contributed by atoms with Crippen LogP contribution in [0.4, 0.5) is 4.79 Å². The first kappa shape index (κ1) is 17.3. The topological polar surface area (TPSA) is 96.1 Å². The van der Waals surface area contributed by atoms with Crippen molar-refractivity contribution in [2.24, 2.45) is 0 Å². The van der Waals surface area contributed by atoms with Gasteiger partial charge in [-0.1, -0.05) is 0 Å². The molecular weight excluding hydrogens is 394 g/mol. The van der Waals surface area contributed by atoms with E-state index in [0.717, 1.165) is 0 Å². The minimum atomic E-state index is -1.01. The van der Waals surface area contributed by atoms with Gasteiger partial charge < -0.3 is 24.1 Å². The number of carbonyl (C=O) groups is 2. The summed E-state index contributed by atoms with van der Waals surface area (Å²) in [6.45, 7) is 0.836. The number of piperazine rings is 1. The van der Waals surface area contributed by atoms with Gasteiger partial charge in [0.2, 0.25) is 0 Å². The third kappa shape index (κ3) is 4.11. The van der Waals surface area contributed by atoms with Gasteiger partial charge in [-0.25, -0.2) is 4.79 Å². The number of carbonyl (C=O) groups excluding carboxylic acids is 1. The molecule has 1 fully saturated rings. The fraction of sp³-hybridized carbons (Fsp3) is 0.312. The largest absolute Gasteiger partial charge is 0.490 e. The second-order valence-corrected chi connectivity index (χ2v) is 6.27. The Hall–Kier alpha value is -2.55. The van der Waals surface area contributed by atoms with Gasteiger partial charge in [-0.15, -0.1) is 0 Å². The normalized spacial score (nSPS) is 17.4. The van der Waals surface area contributed by atoms with Crippen molar-refractivity contribution < 1.29 is 23.8 Å². The number of hydrogen-bond acceptors (Lipinski definition) is 5. The summed E-state index contributed by atoms with van der Waals surface area (Å²) in [6, 6.07) is 6.28. The van der Waals surface area contributed by atoms with Crippen molar-refractivity contribution in [2.45, 2.75) is 6.04 Å². The molecule has 2 amide bonds. The Labute approximate surface area is 152 Å². The summed E-state index contributed by atoms with van der Waals surface area (Å²) in [7, 11) is 0. The van der Waals surface area contributed by atoms with Crippen molar-refractivity contribution in [3.05, 3.63) is 47.1 Å². The zero-order valence-corrected chi connectivity index (χ0v) is 14.8. The maximum atomic E-state index is 12.7. The van der Waals surface area contributed by atoms with Gasteiger partial charge >= 0.3 is 6.09 Å². The minimum absolute atomic E-state index is 0.156. The van der Waals surface area contributed by atoms with Crippen LogP contribution in [0.3, 0.4) is 0 Å². The first-order valence-electron chi connectivity index (χ1n) is 7.61. The molecule has 0 saturated carbocycles. The lowest BCUT2D eigenvalue weighted by Gasteiger charge is -2.39. The molecule has 0 aliphatic carbocycles. The number of rotatable bonds is 4. The second-order valence-electron chi connectivity index (χ2n) is 5.48. The molecule has 2 aromatic rings. The van der Waals surface area contributed by atoms with Crippen molar-refractivity contribution in [1.82, 2.24) is 14.8 Å². The lowest BCUT2D eigenvalue weighted by atomic mass is 10.1. The van der Waals surface area contributed by atoms with E-state index in [0.29, 0.717) is 10.4 Å². The Kier molecular flexibility index (Phi) is 5.22. The molecule has 132 valence electrons. The molecule has 3 rings (SSSR count). The average molecular weight is 410 g/mol.